The summed E-state index contributed by atoms with van der Waals surface area (Å²) in [6.07, 6.45) is 2.42. The average Bonchev–Trinajstić information content (AvgIpc) is 3.10. The number of aromatic amines is 1. The number of hydrogen-bond donors (Lipinski definition) is 2. The number of carbonyl (C=O) groups excluding carboxylic acids is 1. The number of fused-ring (bicyclic) bond motifs is 1. The van der Waals surface area contributed by atoms with Gasteiger partial charge in [-0.2, -0.15) is 10.2 Å². The molecule has 0 spiro atoms. The summed E-state index contributed by atoms with van der Waals surface area (Å²) in [4.78, 5) is 16.7. The van der Waals surface area contributed by atoms with Crippen molar-refractivity contribution in [2.45, 2.75) is 25.3 Å². The van der Waals surface area contributed by atoms with E-state index in [-0.39, 0.29) is 5.91 Å². The summed E-state index contributed by atoms with van der Waals surface area (Å²) in [6.45, 7) is 4.08. The molecular formula is C15H18N6OS. The minimum absolute atomic E-state index is 0.193. The molecule has 0 aromatic carbocycles. The molecule has 3 rings (SSSR count). The Labute approximate surface area is 137 Å². The van der Waals surface area contributed by atoms with Gasteiger partial charge in [0.1, 0.15) is 5.82 Å². The van der Waals surface area contributed by atoms with Gasteiger partial charge in [0.05, 0.1) is 16.1 Å². The summed E-state index contributed by atoms with van der Waals surface area (Å²) >= 11 is 1.60. The van der Waals surface area contributed by atoms with Crippen molar-refractivity contribution in [1.29, 1.82) is 0 Å². The first kappa shape index (κ1) is 15.5. The molecular weight excluding hydrogens is 312 g/mol. The third kappa shape index (κ3) is 2.94. The number of anilines is 1. The number of amides is 1. The molecule has 3 aromatic heterocycles. The van der Waals surface area contributed by atoms with Gasteiger partial charge in [-0.3, -0.25) is 9.89 Å². The number of H-pyrrole nitrogens is 1. The van der Waals surface area contributed by atoms with Crippen molar-refractivity contribution >= 4 is 34.5 Å². The van der Waals surface area contributed by atoms with Gasteiger partial charge in [0, 0.05) is 18.8 Å². The summed E-state index contributed by atoms with van der Waals surface area (Å²) < 4.78 is 1.71. The van der Waals surface area contributed by atoms with Gasteiger partial charge < -0.3 is 5.32 Å². The van der Waals surface area contributed by atoms with Crippen molar-refractivity contribution in [3.63, 3.8) is 0 Å². The maximum absolute atomic E-state index is 12.5. The molecule has 3 heterocycles. The summed E-state index contributed by atoms with van der Waals surface area (Å²) in [5.41, 5.74) is 2.21. The van der Waals surface area contributed by atoms with Crippen molar-refractivity contribution in [3.05, 3.63) is 29.6 Å². The Kier molecular flexibility index (Phi) is 4.33. The first-order chi connectivity index (χ1) is 11.1. The van der Waals surface area contributed by atoms with E-state index in [1.807, 2.05) is 14.0 Å². The van der Waals surface area contributed by atoms with Crippen LogP contribution in [0.15, 0.2) is 23.4 Å². The summed E-state index contributed by atoms with van der Waals surface area (Å²) in [7, 11) is 1.84. The van der Waals surface area contributed by atoms with E-state index in [1.165, 1.54) is 0 Å². The lowest BCUT2D eigenvalue weighted by atomic mass is 10.2. The largest absolute Gasteiger partial charge is 0.306 e. The first-order valence-corrected chi connectivity index (χ1v) is 8.42. The van der Waals surface area contributed by atoms with Crippen molar-refractivity contribution < 1.29 is 4.79 Å². The second-order valence-electron chi connectivity index (χ2n) is 4.99. The maximum atomic E-state index is 12.5. The standard InChI is InChI=1S/C15H18N6OS/c1-4-10-12-13(18-19-14(12)21(3)20-10)17-15(22)9-6-7-16-11(8-9)23-5-2/h6-8H,4-5H2,1-3H3,(H2,17,18,19,22). The molecule has 0 aliphatic carbocycles. The van der Waals surface area contributed by atoms with E-state index in [0.717, 1.165) is 33.9 Å². The quantitative estimate of drug-likeness (QED) is 0.702. The van der Waals surface area contributed by atoms with E-state index in [4.69, 9.17) is 0 Å². The van der Waals surface area contributed by atoms with Crippen molar-refractivity contribution in [3.8, 4) is 0 Å². The Bertz CT molecular complexity index is 853. The lowest BCUT2D eigenvalue weighted by Gasteiger charge is -2.05. The second kappa shape index (κ2) is 6.41. The number of aryl methyl sites for hydroxylation is 2. The van der Waals surface area contributed by atoms with E-state index in [9.17, 15) is 4.79 Å². The molecule has 0 bridgehead atoms. The predicted molar refractivity (Wildman–Crippen MR) is 90.8 cm³/mol. The van der Waals surface area contributed by atoms with Crippen LogP contribution in [0.4, 0.5) is 5.82 Å². The Morgan fingerprint density at radius 3 is 3.00 bits per heavy atom. The fourth-order valence-corrected chi connectivity index (χ4v) is 3.06. The minimum Gasteiger partial charge on any atom is -0.306 e. The molecule has 7 nitrogen and oxygen atoms in total. The summed E-state index contributed by atoms with van der Waals surface area (Å²) in [5.74, 6) is 1.30. The van der Waals surface area contributed by atoms with Gasteiger partial charge in [-0.05, 0) is 24.3 Å². The second-order valence-corrected chi connectivity index (χ2v) is 6.28. The number of hydrogen-bond acceptors (Lipinski definition) is 5. The molecule has 8 heteroatoms. The van der Waals surface area contributed by atoms with Gasteiger partial charge in [0.2, 0.25) is 0 Å². The highest BCUT2D eigenvalue weighted by Crippen LogP contribution is 2.25. The van der Waals surface area contributed by atoms with E-state index < -0.39 is 0 Å². The minimum atomic E-state index is -0.193. The van der Waals surface area contributed by atoms with Crippen molar-refractivity contribution in [2.24, 2.45) is 7.05 Å². The number of aromatic nitrogens is 5. The zero-order valence-corrected chi connectivity index (χ0v) is 14.1. The number of rotatable bonds is 5. The Hall–Kier alpha value is -2.35. The summed E-state index contributed by atoms with van der Waals surface area (Å²) in [6, 6.07) is 3.49. The fraction of sp³-hybridized carbons (Fsp3) is 0.333. The smallest absolute Gasteiger partial charge is 0.256 e. The van der Waals surface area contributed by atoms with Gasteiger partial charge >= 0.3 is 0 Å². The highest BCUT2D eigenvalue weighted by molar-refractivity contribution is 7.99. The first-order valence-electron chi connectivity index (χ1n) is 7.44. The van der Waals surface area contributed by atoms with Gasteiger partial charge in [-0.15, -0.1) is 11.8 Å². The van der Waals surface area contributed by atoms with Crippen LogP contribution in [0.5, 0.6) is 0 Å². The molecule has 0 saturated heterocycles. The fourth-order valence-electron chi connectivity index (χ4n) is 2.42. The zero-order valence-electron chi connectivity index (χ0n) is 13.3. The van der Waals surface area contributed by atoms with E-state index in [2.05, 4.69) is 32.5 Å². The van der Waals surface area contributed by atoms with Crippen LogP contribution >= 0.6 is 11.8 Å². The normalized spacial score (nSPS) is 11.1. The number of thioether (sulfide) groups is 1. The van der Waals surface area contributed by atoms with Crippen LogP contribution < -0.4 is 5.32 Å². The van der Waals surface area contributed by atoms with Gasteiger partial charge in [0.15, 0.2) is 5.65 Å². The Balaban J connectivity index is 1.90. The topological polar surface area (TPSA) is 88.5 Å². The van der Waals surface area contributed by atoms with Crippen LogP contribution in [-0.2, 0) is 13.5 Å². The molecule has 0 unspecified atom stereocenters. The number of nitrogens with one attached hydrogen (secondary N) is 2. The molecule has 0 aliphatic rings. The monoisotopic (exact) mass is 330 g/mol. The van der Waals surface area contributed by atoms with Crippen LogP contribution in [0, 0.1) is 0 Å². The van der Waals surface area contributed by atoms with Gasteiger partial charge in [-0.1, -0.05) is 13.8 Å². The Morgan fingerprint density at radius 1 is 1.43 bits per heavy atom. The predicted octanol–water partition coefficient (Wildman–Crippen LogP) is 2.62. The third-order valence-corrected chi connectivity index (χ3v) is 4.28. The third-order valence-electron chi connectivity index (χ3n) is 3.48. The van der Waals surface area contributed by atoms with Crippen LogP contribution in [0.2, 0.25) is 0 Å². The highest BCUT2D eigenvalue weighted by Gasteiger charge is 2.17. The lowest BCUT2D eigenvalue weighted by Crippen LogP contribution is -2.13. The lowest BCUT2D eigenvalue weighted by molar-refractivity contribution is 0.102. The van der Waals surface area contributed by atoms with Crippen molar-refractivity contribution in [1.82, 2.24) is 25.0 Å². The van der Waals surface area contributed by atoms with Crippen molar-refractivity contribution in [2.75, 3.05) is 11.1 Å². The SMILES string of the molecule is CCSc1cc(C(=O)Nc2[nH]nc3c2c(CC)nn3C)ccn1. The Morgan fingerprint density at radius 2 is 2.26 bits per heavy atom. The highest BCUT2D eigenvalue weighted by atomic mass is 32.2. The van der Waals surface area contributed by atoms with Crippen LogP contribution in [0.25, 0.3) is 11.0 Å². The summed E-state index contributed by atoms with van der Waals surface area (Å²) in [5, 5.41) is 16.1. The van der Waals surface area contributed by atoms with Gasteiger partial charge in [-0.25, -0.2) is 9.67 Å². The van der Waals surface area contributed by atoms with Crippen LogP contribution in [0.1, 0.15) is 29.9 Å². The molecule has 0 saturated carbocycles. The van der Waals surface area contributed by atoms with E-state index >= 15 is 0 Å². The molecule has 0 fully saturated rings. The molecule has 2 N–H and O–H groups in total. The maximum Gasteiger partial charge on any atom is 0.256 e. The average molecular weight is 330 g/mol. The molecule has 0 atom stereocenters. The molecule has 0 radical (unpaired) electrons. The molecule has 0 aliphatic heterocycles. The molecule has 23 heavy (non-hydrogen) atoms. The van der Waals surface area contributed by atoms with E-state index in [0.29, 0.717) is 11.4 Å². The molecule has 3 aromatic rings. The number of pyridine rings is 1. The van der Waals surface area contributed by atoms with Crippen LogP contribution in [0.3, 0.4) is 0 Å². The van der Waals surface area contributed by atoms with E-state index in [1.54, 1.807) is 34.8 Å². The number of carbonyl (C=O) groups is 1. The molecule has 120 valence electrons. The molecule has 1 amide bonds. The number of nitrogens with zero attached hydrogens (tertiary/aromatic N) is 4. The van der Waals surface area contributed by atoms with Crippen LogP contribution in [-0.4, -0.2) is 36.6 Å². The zero-order chi connectivity index (χ0) is 16.4. The van der Waals surface area contributed by atoms with Gasteiger partial charge in [0.25, 0.3) is 5.91 Å².